The Bertz CT molecular complexity index is 545. The number of nitrogens with one attached hydrogen (secondary N) is 1. The fourth-order valence-corrected chi connectivity index (χ4v) is 1.40. The Morgan fingerprint density at radius 2 is 1.90 bits per heavy atom. The average molecular weight is 297 g/mol. The third kappa shape index (κ3) is 5.81. The molecule has 0 radical (unpaired) electrons. The van der Waals surface area contributed by atoms with Crippen LogP contribution in [0.3, 0.4) is 0 Å². The third-order valence-corrected chi connectivity index (χ3v) is 2.79. The first kappa shape index (κ1) is 18.9. The van der Waals surface area contributed by atoms with Gasteiger partial charge in [0.2, 0.25) is 0 Å². The highest BCUT2D eigenvalue weighted by molar-refractivity contribution is 5.92. The van der Waals surface area contributed by atoms with Crippen LogP contribution < -0.4 is 5.56 Å². The summed E-state index contributed by atoms with van der Waals surface area (Å²) in [4.78, 5) is 35.1. The highest BCUT2D eigenvalue weighted by atomic mass is 16.5. The summed E-state index contributed by atoms with van der Waals surface area (Å²) in [6.07, 6.45) is 1.82. The lowest BCUT2D eigenvalue weighted by Gasteiger charge is -2.04. The zero-order valence-electron chi connectivity index (χ0n) is 13.1. The van der Waals surface area contributed by atoms with E-state index in [9.17, 15) is 19.5 Å². The van der Waals surface area contributed by atoms with Gasteiger partial charge in [-0.15, -0.1) is 0 Å². The standard InChI is InChI=1S/C9H11NO4.C6H12O/c1-3-14-9(13)6-4-10-8(12)5(2)7(6)11;1-4-6(7)5(2)3/h4H,3H2,1-2H3,(H2,10,11,12);5H,4H2,1-3H3. The number of esters is 1. The second-order valence-corrected chi connectivity index (χ2v) is 4.70. The minimum absolute atomic E-state index is 0.0241. The molecule has 0 aliphatic rings. The molecule has 2 N–H and O–H groups in total. The fourth-order valence-electron chi connectivity index (χ4n) is 1.40. The molecule has 1 rings (SSSR count). The molecule has 6 nitrogen and oxygen atoms in total. The van der Waals surface area contributed by atoms with Gasteiger partial charge in [-0.05, 0) is 13.8 Å². The Morgan fingerprint density at radius 3 is 2.29 bits per heavy atom. The van der Waals surface area contributed by atoms with Crippen LogP contribution in [0.25, 0.3) is 0 Å². The van der Waals surface area contributed by atoms with Crippen molar-refractivity contribution in [3.63, 3.8) is 0 Å². The maximum atomic E-state index is 11.2. The van der Waals surface area contributed by atoms with Gasteiger partial charge in [0.1, 0.15) is 17.1 Å². The number of carbonyl (C=O) groups excluding carboxylic acids is 2. The molecule has 1 aromatic heterocycles. The van der Waals surface area contributed by atoms with Crippen molar-refractivity contribution in [2.45, 2.75) is 41.0 Å². The number of hydrogen-bond donors (Lipinski definition) is 2. The van der Waals surface area contributed by atoms with Gasteiger partial charge in [-0.25, -0.2) is 4.79 Å². The monoisotopic (exact) mass is 297 g/mol. The third-order valence-electron chi connectivity index (χ3n) is 2.79. The predicted octanol–water partition coefficient (Wildman–Crippen LogP) is 2.19. The van der Waals surface area contributed by atoms with E-state index in [2.05, 4.69) is 9.72 Å². The van der Waals surface area contributed by atoms with Gasteiger partial charge in [0.05, 0.1) is 12.2 Å². The maximum absolute atomic E-state index is 11.2. The van der Waals surface area contributed by atoms with Crippen molar-refractivity contribution in [1.29, 1.82) is 0 Å². The molecule has 0 saturated carbocycles. The van der Waals surface area contributed by atoms with Crippen LogP contribution >= 0.6 is 0 Å². The first-order chi connectivity index (χ1) is 9.76. The summed E-state index contributed by atoms with van der Waals surface area (Å²) in [7, 11) is 0. The van der Waals surface area contributed by atoms with Crippen LogP contribution in [-0.2, 0) is 9.53 Å². The molecule has 1 heterocycles. The summed E-state index contributed by atoms with van der Waals surface area (Å²) in [6, 6.07) is 0. The van der Waals surface area contributed by atoms with Gasteiger partial charge in [-0.3, -0.25) is 9.59 Å². The van der Waals surface area contributed by atoms with Crippen molar-refractivity contribution in [3.8, 4) is 5.75 Å². The molecule has 118 valence electrons. The summed E-state index contributed by atoms with van der Waals surface area (Å²) >= 11 is 0. The molecule has 21 heavy (non-hydrogen) atoms. The molecule has 0 unspecified atom stereocenters. The topological polar surface area (TPSA) is 96.5 Å². The van der Waals surface area contributed by atoms with E-state index < -0.39 is 11.5 Å². The smallest absolute Gasteiger partial charge is 0.343 e. The second kappa shape index (κ2) is 8.94. The number of pyridine rings is 1. The number of aromatic hydroxyl groups is 1. The highest BCUT2D eigenvalue weighted by Gasteiger charge is 2.15. The Morgan fingerprint density at radius 1 is 1.33 bits per heavy atom. The largest absolute Gasteiger partial charge is 0.507 e. The molecule has 0 atom stereocenters. The summed E-state index contributed by atoms with van der Waals surface area (Å²) in [5.41, 5.74) is -0.338. The summed E-state index contributed by atoms with van der Waals surface area (Å²) in [6.45, 7) is 9.04. The van der Waals surface area contributed by atoms with E-state index in [1.807, 2.05) is 20.8 Å². The fraction of sp³-hybridized carbons (Fsp3) is 0.533. The van der Waals surface area contributed by atoms with Gasteiger partial charge in [0.25, 0.3) is 5.56 Å². The van der Waals surface area contributed by atoms with Crippen LogP contribution in [0.2, 0.25) is 0 Å². The second-order valence-electron chi connectivity index (χ2n) is 4.70. The molecule has 0 aliphatic heterocycles. The number of ketones is 1. The molecule has 0 fully saturated rings. The van der Waals surface area contributed by atoms with Crippen LogP contribution in [0.15, 0.2) is 11.0 Å². The minimum atomic E-state index is -0.649. The average Bonchev–Trinajstić information content (AvgIpc) is 2.44. The predicted molar refractivity (Wildman–Crippen MR) is 79.6 cm³/mol. The van der Waals surface area contributed by atoms with Crippen molar-refractivity contribution < 1.29 is 19.4 Å². The first-order valence-corrected chi connectivity index (χ1v) is 6.87. The molecule has 0 aliphatic carbocycles. The van der Waals surface area contributed by atoms with E-state index >= 15 is 0 Å². The Balaban J connectivity index is 0.000000486. The molecule has 1 aromatic rings. The summed E-state index contributed by atoms with van der Waals surface area (Å²) in [5, 5.41) is 9.45. The van der Waals surface area contributed by atoms with Crippen LogP contribution in [0, 0.1) is 12.8 Å². The van der Waals surface area contributed by atoms with Gasteiger partial charge in [0, 0.05) is 18.5 Å². The molecule has 0 bridgehead atoms. The van der Waals surface area contributed by atoms with Crippen LogP contribution in [0.5, 0.6) is 5.75 Å². The van der Waals surface area contributed by atoms with E-state index in [1.165, 1.54) is 6.92 Å². The number of Topliss-reactive ketones (excluding diaryl/α,β-unsaturated/α-hetero) is 1. The number of H-pyrrole nitrogens is 1. The Kier molecular flexibility index (Phi) is 8.04. The lowest BCUT2D eigenvalue weighted by Crippen LogP contribution is -2.14. The number of aromatic amines is 1. The van der Waals surface area contributed by atoms with Gasteiger partial charge in [-0.2, -0.15) is 0 Å². The number of ether oxygens (including phenoxy) is 1. The highest BCUT2D eigenvalue weighted by Crippen LogP contribution is 2.17. The number of carbonyl (C=O) groups is 2. The van der Waals surface area contributed by atoms with E-state index in [-0.39, 0.29) is 29.4 Å². The molecule has 0 amide bonds. The van der Waals surface area contributed by atoms with Crippen molar-refractivity contribution in [1.82, 2.24) is 4.98 Å². The van der Waals surface area contributed by atoms with Crippen LogP contribution in [0.1, 0.15) is 50.0 Å². The SMILES string of the molecule is CCC(=O)C(C)C.CCOC(=O)c1c[nH]c(=O)c(C)c1O. The molecule has 6 heteroatoms. The van der Waals surface area contributed by atoms with Gasteiger partial charge < -0.3 is 14.8 Å². The molecular formula is C15H23NO5. The molecule has 0 spiro atoms. The number of hydrogen-bond acceptors (Lipinski definition) is 5. The Labute approximate surface area is 124 Å². The normalized spacial score (nSPS) is 9.81. The number of rotatable bonds is 4. The molecule has 0 aromatic carbocycles. The van der Waals surface area contributed by atoms with E-state index in [4.69, 9.17) is 0 Å². The van der Waals surface area contributed by atoms with E-state index in [0.717, 1.165) is 6.20 Å². The zero-order chi connectivity index (χ0) is 16.6. The van der Waals surface area contributed by atoms with Gasteiger partial charge in [0.15, 0.2) is 0 Å². The quantitative estimate of drug-likeness (QED) is 0.830. The van der Waals surface area contributed by atoms with Crippen LogP contribution in [0.4, 0.5) is 0 Å². The molecule has 0 saturated heterocycles. The van der Waals surface area contributed by atoms with Gasteiger partial charge >= 0.3 is 5.97 Å². The first-order valence-electron chi connectivity index (χ1n) is 6.87. The van der Waals surface area contributed by atoms with E-state index in [0.29, 0.717) is 12.2 Å². The summed E-state index contributed by atoms with van der Waals surface area (Å²) in [5.74, 6) is -0.401. The van der Waals surface area contributed by atoms with Crippen molar-refractivity contribution in [3.05, 3.63) is 27.7 Å². The molecular weight excluding hydrogens is 274 g/mol. The Hall–Kier alpha value is -2.11. The summed E-state index contributed by atoms with van der Waals surface area (Å²) < 4.78 is 4.68. The van der Waals surface area contributed by atoms with Crippen molar-refractivity contribution in [2.24, 2.45) is 5.92 Å². The lowest BCUT2D eigenvalue weighted by molar-refractivity contribution is -0.121. The van der Waals surface area contributed by atoms with Crippen LogP contribution in [-0.4, -0.2) is 28.4 Å². The van der Waals surface area contributed by atoms with E-state index in [1.54, 1.807) is 6.92 Å². The maximum Gasteiger partial charge on any atom is 0.343 e. The zero-order valence-corrected chi connectivity index (χ0v) is 13.1. The van der Waals surface area contributed by atoms with Gasteiger partial charge in [-0.1, -0.05) is 20.8 Å². The van der Waals surface area contributed by atoms with Crippen molar-refractivity contribution >= 4 is 11.8 Å². The van der Waals surface area contributed by atoms with Crippen molar-refractivity contribution in [2.75, 3.05) is 6.61 Å². The lowest BCUT2D eigenvalue weighted by atomic mass is 10.1. The number of aromatic nitrogens is 1. The minimum Gasteiger partial charge on any atom is -0.507 e.